The van der Waals surface area contributed by atoms with Crippen molar-refractivity contribution < 1.29 is 9.18 Å². The van der Waals surface area contributed by atoms with E-state index in [2.05, 4.69) is 15.8 Å². The van der Waals surface area contributed by atoms with Gasteiger partial charge in [-0.1, -0.05) is 18.2 Å². The number of rotatable bonds is 4. The Hall–Kier alpha value is -2.47. The number of hydrazine groups is 1. The maximum atomic E-state index is 13.4. The van der Waals surface area contributed by atoms with Crippen LogP contribution in [0, 0.1) is 5.82 Å². The van der Waals surface area contributed by atoms with Gasteiger partial charge >= 0.3 is 0 Å². The molecule has 0 spiro atoms. The third kappa shape index (κ3) is 2.92. The fourth-order valence-corrected chi connectivity index (χ4v) is 2.61. The molecule has 6 heteroatoms. The molecular weight excluding hydrogens is 285 g/mol. The lowest BCUT2D eigenvalue weighted by molar-refractivity contribution is 0.0930. The number of hydrogen-bond acceptors (Lipinski definition) is 3. The zero-order chi connectivity index (χ0) is 15.5. The number of pyridine rings is 1. The summed E-state index contributed by atoms with van der Waals surface area (Å²) in [6.07, 6.45) is 2.70. The number of halogens is 1. The van der Waals surface area contributed by atoms with E-state index in [1.54, 1.807) is 24.3 Å². The largest absolute Gasteiger partial charge is 0.325 e. The van der Waals surface area contributed by atoms with Crippen LogP contribution in [0.1, 0.15) is 33.6 Å². The average Bonchev–Trinajstić information content (AvgIpc) is 2.95. The molecule has 0 unspecified atom stereocenters. The fourth-order valence-electron chi connectivity index (χ4n) is 2.61. The Morgan fingerprint density at radius 1 is 1.27 bits per heavy atom. The Bertz CT molecular complexity index is 770. The van der Waals surface area contributed by atoms with E-state index in [9.17, 15) is 14.0 Å². The van der Waals surface area contributed by atoms with Gasteiger partial charge in [-0.15, -0.1) is 0 Å². The highest BCUT2D eigenvalue weighted by atomic mass is 19.1. The van der Waals surface area contributed by atoms with Gasteiger partial charge < -0.3 is 4.98 Å². The van der Waals surface area contributed by atoms with Crippen LogP contribution in [-0.4, -0.2) is 10.9 Å². The van der Waals surface area contributed by atoms with Gasteiger partial charge in [0.25, 0.3) is 11.5 Å². The molecule has 1 heterocycles. The van der Waals surface area contributed by atoms with Crippen LogP contribution in [-0.2, 0) is 19.4 Å². The topological polar surface area (TPSA) is 74.0 Å². The number of benzene rings is 1. The van der Waals surface area contributed by atoms with Crippen molar-refractivity contribution >= 4 is 5.91 Å². The number of aryl methyl sites for hydroxylation is 2. The summed E-state index contributed by atoms with van der Waals surface area (Å²) in [7, 11) is 0. The lowest BCUT2D eigenvalue weighted by Gasteiger charge is -2.08. The minimum absolute atomic E-state index is 0.0710. The molecule has 0 aliphatic heterocycles. The lowest BCUT2D eigenvalue weighted by Crippen LogP contribution is -2.39. The molecule has 3 N–H and O–H groups in total. The first kappa shape index (κ1) is 14.5. The van der Waals surface area contributed by atoms with Crippen molar-refractivity contribution in [3.63, 3.8) is 0 Å². The van der Waals surface area contributed by atoms with Gasteiger partial charge in [-0.2, -0.15) is 0 Å². The summed E-state index contributed by atoms with van der Waals surface area (Å²) in [5.41, 5.74) is 7.11. The van der Waals surface area contributed by atoms with Gasteiger partial charge in [0.2, 0.25) is 0 Å². The maximum Gasteiger partial charge on any atom is 0.270 e. The molecule has 5 nitrogen and oxygen atoms in total. The Labute approximate surface area is 126 Å². The highest BCUT2D eigenvalue weighted by Crippen LogP contribution is 2.18. The molecule has 0 fully saturated rings. The van der Waals surface area contributed by atoms with E-state index < -0.39 is 11.5 Å². The van der Waals surface area contributed by atoms with Gasteiger partial charge in [-0.3, -0.25) is 15.0 Å². The molecule has 1 aromatic heterocycles. The van der Waals surface area contributed by atoms with Gasteiger partial charge in [0, 0.05) is 17.8 Å². The highest BCUT2D eigenvalue weighted by molar-refractivity contribution is 5.93. The second-order valence-corrected chi connectivity index (χ2v) is 5.27. The van der Waals surface area contributed by atoms with Crippen molar-refractivity contribution in [1.29, 1.82) is 0 Å². The molecule has 22 heavy (non-hydrogen) atoms. The van der Waals surface area contributed by atoms with E-state index in [0.29, 0.717) is 5.56 Å². The van der Waals surface area contributed by atoms with Crippen LogP contribution in [0.3, 0.4) is 0 Å². The molecule has 3 rings (SSSR count). The van der Waals surface area contributed by atoms with Gasteiger partial charge in [0.1, 0.15) is 11.4 Å². The molecule has 2 aromatic rings. The summed E-state index contributed by atoms with van der Waals surface area (Å²) >= 11 is 0. The Morgan fingerprint density at radius 3 is 2.91 bits per heavy atom. The summed E-state index contributed by atoms with van der Waals surface area (Å²) in [5.74, 6) is -0.869. The SMILES string of the molecule is O=C(NNCc1ccccc1F)c1cc2c([nH]c1=O)CCC2. The van der Waals surface area contributed by atoms with Crippen molar-refractivity contribution in [1.82, 2.24) is 15.8 Å². The van der Waals surface area contributed by atoms with Gasteiger partial charge in [0.15, 0.2) is 0 Å². The van der Waals surface area contributed by atoms with Crippen LogP contribution in [0.2, 0.25) is 0 Å². The van der Waals surface area contributed by atoms with E-state index in [0.717, 1.165) is 30.5 Å². The Balaban J connectivity index is 1.66. The normalized spacial score (nSPS) is 13.0. The third-order valence-electron chi connectivity index (χ3n) is 3.77. The number of hydrogen-bond donors (Lipinski definition) is 3. The van der Waals surface area contributed by atoms with Crippen LogP contribution in [0.4, 0.5) is 4.39 Å². The molecule has 1 amide bonds. The first-order valence-electron chi connectivity index (χ1n) is 7.17. The van der Waals surface area contributed by atoms with E-state index in [1.165, 1.54) is 6.07 Å². The van der Waals surface area contributed by atoms with E-state index in [1.807, 2.05) is 0 Å². The molecule has 0 radical (unpaired) electrons. The number of carbonyl (C=O) groups is 1. The van der Waals surface area contributed by atoms with E-state index >= 15 is 0 Å². The van der Waals surface area contributed by atoms with Crippen molar-refractivity contribution in [2.75, 3.05) is 0 Å². The lowest BCUT2D eigenvalue weighted by atomic mass is 10.1. The van der Waals surface area contributed by atoms with E-state index in [4.69, 9.17) is 0 Å². The molecule has 114 valence electrons. The molecular formula is C16H16FN3O2. The third-order valence-corrected chi connectivity index (χ3v) is 3.77. The van der Waals surface area contributed by atoms with Crippen molar-refractivity contribution in [2.24, 2.45) is 0 Å². The van der Waals surface area contributed by atoms with Crippen LogP contribution in [0.5, 0.6) is 0 Å². The fraction of sp³-hybridized carbons (Fsp3) is 0.250. The highest BCUT2D eigenvalue weighted by Gasteiger charge is 2.17. The summed E-state index contributed by atoms with van der Waals surface area (Å²) < 4.78 is 13.4. The number of nitrogens with one attached hydrogen (secondary N) is 3. The predicted octanol–water partition coefficient (Wildman–Crippen LogP) is 1.44. The zero-order valence-electron chi connectivity index (χ0n) is 11.9. The predicted molar refractivity (Wildman–Crippen MR) is 79.8 cm³/mol. The molecule has 0 saturated carbocycles. The standard InChI is InChI=1S/C16H16FN3O2/c17-13-6-2-1-4-11(13)9-18-20-16(22)12-8-10-5-3-7-14(10)19-15(12)21/h1-2,4,6,8,18H,3,5,7,9H2,(H,19,21)(H,20,22). The summed E-state index contributed by atoms with van der Waals surface area (Å²) in [6.45, 7) is 0.140. The summed E-state index contributed by atoms with van der Waals surface area (Å²) in [4.78, 5) is 26.7. The van der Waals surface area contributed by atoms with Crippen molar-refractivity contribution in [3.05, 3.63) is 68.9 Å². The Kier molecular flexibility index (Phi) is 4.02. The van der Waals surface area contributed by atoms with E-state index in [-0.39, 0.29) is 17.9 Å². The van der Waals surface area contributed by atoms with Crippen LogP contribution >= 0.6 is 0 Å². The summed E-state index contributed by atoms with van der Waals surface area (Å²) in [6, 6.07) is 7.93. The first-order valence-corrected chi connectivity index (χ1v) is 7.17. The number of H-pyrrole nitrogens is 1. The monoisotopic (exact) mass is 301 g/mol. The van der Waals surface area contributed by atoms with Gasteiger partial charge in [0.05, 0.1) is 0 Å². The average molecular weight is 301 g/mol. The number of carbonyl (C=O) groups excluding carboxylic acids is 1. The molecule has 0 saturated heterocycles. The second kappa shape index (κ2) is 6.11. The summed E-state index contributed by atoms with van der Waals surface area (Å²) in [5, 5.41) is 0. The minimum atomic E-state index is -0.521. The van der Waals surface area contributed by atoms with Crippen molar-refractivity contribution in [2.45, 2.75) is 25.8 Å². The van der Waals surface area contributed by atoms with Gasteiger partial charge in [-0.05, 0) is 37.0 Å². The molecule has 1 aliphatic carbocycles. The quantitative estimate of drug-likeness (QED) is 0.748. The van der Waals surface area contributed by atoms with Crippen LogP contribution in [0.15, 0.2) is 35.1 Å². The molecule has 0 atom stereocenters. The number of fused-ring (bicyclic) bond motifs is 1. The van der Waals surface area contributed by atoms with Crippen LogP contribution < -0.4 is 16.4 Å². The van der Waals surface area contributed by atoms with Gasteiger partial charge in [-0.25, -0.2) is 9.82 Å². The molecule has 1 aliphatic rings. The zero-order valence-corrected chi connectivity index (χ0v) is 11.9. The smallest absolute Gasteiger partial charge is 0.270 e. The maximum absolute atomic E-state index is 13.4. The number of aromatic nitrogens is 1. The first-order chi connectivity index (χ1) is 10.6. The number of amides is 1. The second-order valence-electron chi connectivity index (χ2n) is 5.27. The van der Waals surface area contributed by atoms with Crippen LogP contribution in [0.25, 0.3) is 0 Å². The Morgan fingerprint density at radius 2 is 2.09 bits per heavy atom. The van der Waals surface area contributed by atoms with Crippen molar-refractivity contribution in [3.8, 4) is 0 Å². The molecule has 1 aromatic carbocycles. The number of aromatic amines is 1. The molecule has 0 bridgehead atoms. The minimum Gasteiger partial charge on any atom is -0.325 e.